The highest BCUT2D eigenvalue weighted by Gasteiger charge is 2.17. The van der Waals surface area contributed by atoms with Gasteiger partial charge in [0, 0.05) is 10.6 Å². The predicted octanol–water partition coefficient (Wildman–Crippen LogP) is 5.25. The third-order valence-corrected chi connectivity index (χ3v) is 4.81. The number of rotatable bonds is 2. The number of halogens is 1. The second-order valence-corrected chi connectivity index (χ2v) is 5.91. The maximum atomic E-state index is 11.2. The van der Waals surface area contributed by atoms with Gasteiger partial charge in [-0.15, -0.1) is 0 Å². The Bertz CT molecular complexity index is 716. The van der Waals surface area contributed by atoms with Gasteiger partial charge in [0.05, 0.1) is 5.56 Å². The Balaban J connectivity index is 2.85. The quantitative estimate of drug-likeness (QED) is 0.823. The molecule has 0 saturated carbocycles. The molecule has 110 valence electrons. The van der Waals surface area contributed by atoms with Crippen LogP contribution in [0.15, 0.2) is 18.2 Å². The highest BCUT2D eigenvalue weighted by atomic mass is 35.5. The standard InChI is InChI=1S/C18H19ClO2/c1-9-10(2)12(4)17(13(5)11(9)3)15-8-14(18(20)21)6-7-16(15)19/h6-8H,1-5H3,(H,20,21). The minimum atomic E-state index is -0.941. The number of benzene rings is 2. The number of aromatic carboxylic acids is 1. The van der Waals surface area contributed by atoms with Crippen molar-refractivity contribution in [2.24, 2.45) is 0 Å². The van der Waals surface area contributed by atoms with Crippen LogP contribution < -0.4 is 0 Å². The fraction of sp³-hybridized carbons (Fsp3) is 0.278. The maximum absolute atomic E-state index is 11.2. The molecule has 0 spiro atoms. The Hall–Kier alpha value is -1.80. The first kappa shape index (κ1) is 15.6. The van der Waals surface area contributed by atoms with Crippen LogP contribution in [-0.2, 0) is 0 Å². The molecule has 0 aliphatic carbocycles. The van der Waals surface area contributed by atoms with Crippen molar-refractivity contribution >= 4 is 17.6 Å². The van der Waals surface area contributed by atoms with Gasteiger partial charge in [-0.2, -0.15) is 0 Å². The summed E-state index contributed by atoms with van der Waals surface area (Å²) in [7, 11) is 0. The predicted molar refractivity (Wildman–Crippen MR) is 87.5 cm³/mol. The summed E-state index contributed by atoms with van der Waals surface area (Å²) in [6.07, 6.45) is 0. The van der Waals surface area contributed by atoms with Crippen LogP contribution in [0.2, 0.25) is 5.02 Å². The Morgan fingerprint density at radius 3 is 1.86 bits per heavy atom. The molecule has 2 nitrogen and oxygen atoms in total. The Morgan fingerprint density at radius 1 is 0.905 bits per heavy atom. The summed E-state index contributed by atoms with van der Waals surface area (Å²) in [4.78, 5) is 11.2. The lowest BCUT2D eigenvalue weighted by Gasteiger charge is -2.20. The van der Waals surface area contributed by atoms with Gasteiger partial charge in [-0.1, -0.05) is 11.6 Å². The van der Waals surface area contributed by atoms with Gasteiger partial charge in [0.2, 0.25) is 0 Å². The second-order valence-electron chi connectivity index (χ2n) is 5.50. The largest absolute Gasteiger partial charge is 0.478 e. The Labute approximate surface area is 130 Å². The summed E-state index contributed by atoms with van der Waals surface area (Å²) in [5.74, 6) is -0.941. The van der Waals surface area contributed by atoms with E-state index in [-0.39, 0.29) is 5.56 Å². The molecule has 0 aliphatic heterocycles. The zero-order chi connectivity index (χ0) is 15.9. The molecule has 2 rings (SSSR count). The van der Waals surface area contributed by atoms with Crippen LogP contribution in [0.5, 0.6) is 0 Å². The lowest BCUT2D eigenvalue weighted by atomic mass is 9.86. The number of carboxylic acids is 1. The van der Waals surface area contributed by atoms with E-state index in [2.05, 4.69) is 34.6 Å². The fourth-order valence-electron chi connectivity index (χ4n) is 2.75. The molecule has 0 bridgehead atoms. The van der Waals surface area contributed by atoms with Gasteiger partial charge >= 0.3 is 5.97 Å². The number of hydrogen-bond acceptors (Lipinski definition) is 1. The van der Waals surface area contributed by atoms with E-state index in [4.69, 9.17) is 11.6 Å². The van der Waals surface area contributed by atoms with Gasteiger partial charge in [0.1, 0.15) is 0 Å². The van der Waals surface area contributed by atoms with Gasteiger partial charge in [-0.3, -0.25) is 0 Å². The van der Waals surface area contributed by atoms with Crippen molar-refractivity contribution < 1.29 is 9.90 Å². The molecule has 0 heterocycles. The van der Waals surface area contributed by atoms with E-state index in [1.807, 2.05) is 0 Å². The van der Waals surface area contributed by atoms with E-state index in [0.29, 0.717) is 5.02 Å². The molecule has 0 amide bonds. The van der Waals surface area contributed by atoms with Crippen molar-refractivity contribution in [3.63, 3.8) is 0 Å². The molecular formula is C18H19ClO2. The topological polar surface area (TPSA) is 37.3 Å². The lowest BCUT2D eigenvalue weighted by Crippen LogP contribution is -2.02. The maximum Gasteiger partial charge on any atom is 0.335 e. The molecule has 0 radical (unpaired) electrons. The molecule has 0 atom stereocenters. The third kappa shape index (κ3) is 2.56. The molecule has 2 aromatic rings. The van der Waals surface area contributed by atoms with Crippen molar-refractivity contribution in [2.45, 2.75) is 34.6 Å². The molecule has 0 saturated heterocycles. The van der Waals surface area contributed by atoms with Gasteiger partial charge < -0.3 is 5.11 Å². The fourth-order valence-corrected chi connectivity index (χ4v) is 2.97. The Morgan fingerprint density at radius 2 is 1.38 bits per heavy atom. The van der Waals surface area contributed by atoms with Crippen molar-refractivity contribution in [2.75, 3.05) is 0 Å². The Kier molecular flexibility index (Phi) is 4.11. The third-order valence-electron chi connectivity index (χ3n) is 4.48. The van der Waals surface area contributed by atoms with Crippen LogP contribution in [0.25, 0.3) is 11.1 Å². The molecule has 21 heavy (non-hydrogen) atoms. The van der Waals surface area contributed by atoms with E-state index in [0.717, 1.165) is 22.3 Å². The zero-order valence-corrected chi connectivity index (χ0v) is 13.7. The molecule has 0 fully saturated rings. The smallest absolute Gasteiger partial charge is 0.335 e. The SMILES string of the molecule is Cc1c(C)c(C)c(-c2cc(C(=O)O)ccc2Cl)c(C)c1C. The highest BCUT2D eigenvalue weighted by Crippen LogP contribution is 2.38. The number of hydrogen-bond donors (Lipinski definition) is 1. The summed E-state index contributed by atoms with van der Waals surface area (Å²) in [6, 6.07) is 4.85. The average molecular weight is 303 g/mol. The van der Waals surface area contributed by atoms with Crippen molar-refractivity contribution in [3.8, 4) is 11.1 Å². The monoisotopic (exact) mass is 302 g/mol. The van der Waals surface area contributed by atoms with Crippen LogP contribution in [0.3, 0.4) is 0 Å². The first-order valence-electron chi connectivity index (χ1n) is 6.85. The molecule has 0 unspecified atom stereocenters. The molecular weight excluding hydrogens is 284 g/mol. The molecule has 1 N–H and O–H groups in total. The van der Waals surface area contributed by atoms with Crippen LogP contribution in [0, 0.1) is 34.6 Å². The van der Waals surface area contributed by atoms with Crippen LogP contribution >= 0.6 is 11.6 Å². The van der Waals surface area contributed by atoms with Gasteiger partial charge in [0.25, 0.3) is 0 Å². The van der Waals surface area contributed by atoms with Crippen LogP contribution in [0.1, 0.15) is 38.2 Å². The van der Waals surface area contributed by atoms with Crippen molar-refractivity contribution in [1.82, 2.24) is 0 Å². The number of carbonyl (C=O) groups is 1. The minimum Gasteiger partial charge on any atom is -0.478 e. The average Bonchev–Trinajstić information content (AvgIpc) is 2.45. The first-order chi connectivity index (χ1) is 9.75. The summed E-state index contributed by atoms with van der Waals surface area (Å²) in [5, 5.41) is 9.77. The summed E-state index contributed by atoms with van der Waals surface area (Å²) in [5.41, 5.74) is 8.12. The summed E-state index contributed by atoms with van der Waals surface area (Å²) >= 11 is 6.33. The highest BCUT2D eigenvalue weighted by molar-refractivity contribution is 6.33. The number of carboxylic acid groups (broad SMARTS) is 1. The van der Waals surface area contributed by atoms with Crippen molar-refractivity contribution in [3.05, 3.63) is 56.6 Å². The van der Waals surface area contributed by atoms with Crippen LogP contribution in [-0.4, -0.2) is 11.1 Å². The van der Waals surface area contributed by atoms with E-state index in [1.165, 1.54) is 22.8 Å². The normalized spacial score (nSPS) is 10.8. The van der Waals surface area contributed by atoms with E-state index in [1.54, 1.807) is 12.1 Å². The van der Waals surface area contributed by atoms with Gasteiger partial charge in [-0.05, 0) is 86.2 Å². The lowest BCUT2D eigenvalue weighted by molar-refractivity contribution is 0.0697. The minimum absolute atomic E-state index is 0.254. The summed E-state index contributed by atoms with van der Waals surface area (Å²) in [6.45, 7) is 10.4. The van der Waals surface area contributed by atoms with Crippen LogP contribution in [0.4, 0.5) is 0 Å². The molecule has 3 heteroatoms. The second kappa shape index (κ2) is 5.53. The van der Waals surface area contributed by atoms with E-state index >= 15 is 0 Å². The molecule has 0 aliphatic rings. The van der Waals surface area contributed by atoms with Crippen molar-refractivity contribution in [1.29, 1.82) is 0 Å². The van der Waals surface area contributed by atoms with E-state index < -0.39 is 5.97 Å². The summed E-state index contributed by atoms with van der Waals surface area (Å²) < 4.78 is 0. The van der Waals surface area contributed by atoms with E-state index in [9.17, 15) is 9.90 Å². The zero-order valence-electron chi connectivity index (χ0n) is 13.0. The van der Waals surface area contributed by atoms with Gasteiger partial charge in [-0.25, -0.2) is 4.79 Å². The van der Waals surface area contributed by atoms with Gasteiger partial charge in [0.15, 0.2) is 0 Å². The molecule has 2 aromatic carbocycles. The molecule has 0 aromatic heterocycles. The first-order valence-corrected chi connectivity index (χ1v) is 7.23.